The molecule has 0 aliphatic carbocycles. The lowest BCUT2D eigenvalue weighted by Crippen LogP contribution is -2.36. The molecule has 0 spiro atoms. The summed E-state index contributed by atoms with van der Waals surface area (Å²) in [4.78, 5) is 8.19. The fraction of sp³-hybridized carbons (Fsp3) is 0.667. The van der Waals surface area contributed by atoms with Gasteiger partial charge >= 0.3 is 0 Å². The van der Waals surface area contributed by atoms with Crippen molar-refractivity contribution in [2.75, 3.05) is 23.9 Å². The number of hydrogen-bond acceptors (Lipinski definition) is 5. The summed E-state index contributed by atoms with van der Waals surface area (Å²) in [6.45, 7) is 6.31. The minimum Gasteiger partial charge on any atom is -0.387 e. The molecule has 0 radical (unpaired) electrons. The third kappa shape index (κ3) is 4.30. The van der Waals surface area contributed by atoms with E-state index in [4.69, 9.17) is 11.6 Å². The minimum absolute atomic E-state index is 0.228. The molecule has 0 fully saturated rings. The molecule has 0 saturated carbocycles. The van der Waals surface area contributed by atoms with Crippen molar-refractivity contribution in [1.29, 1.82) is 0 Å². The highest BCUT2D eigenvalue weighted by molar-refractivity contribution is 7.98. The van der Waals surface area contributed by atoms with Gasteiger partial charge in [0.25, 0.3) is 0 Å². The average Bonchev–Trinajstić information content (AvgIpc) is 2.26. The zero-order valence-electron chi connectivity index (χ0n) is 11.2. The highest BCUT2D eigenvalue weighted by Gasteiger charge is 2.21. The summed E-state index contributed by atoms with van der Waals surface area (Å²) in [6, 6.07) is 0. The lowest BCUT2D eigenvalue weighted by Gasteiger charge is -2.24. The molecule has 1 unspecified atom stereocenters. The maximum atomic E-state index is 10.1. The van der Waals surface area contributed by atoms with Crippen LogP contribution in [0.1, 0.15) is 32.3 Å². The van der Waals surface area contributed by atoms with Crippen LogP contribution in [-0.2, 0) is 0 Å². The summed E-state index contributed by atoms with van der Waals surface area (Å²) in [6.07, 6.45) is 3.40. The SMILES string of the molecule is CSCC(C)(O)CNc1ncnc(Cl)c1C(C)C. The lowest BCUT2D eigenvalue weighted by atomic mass is 10.1. The summed E-state index contributed by atoms with van der Waals surface area (Å²) in [5, 5.41) is 13.7. The molecule has 0 amide bonds. The Morgan fingerprint density at radius 2 is 2.17 bits per heavy atom. The van der Waals surface area contributed by atoms with E-state index in [1.165, 1.54) is 6.33 Å². The van der Waals surface area contributed by atoms with Crippen LogP contribution >= 0.6 is 23.4 Å². The maximum absolute atomic E-state index is 10.1. The van der Waals surface area contributed by atoms with Gasteiger partial charge in [0.05, 0.1) is 5.60 Å². The number of aromatic nitrogens is 2. The first-order chi connectivity index (χ1) is 8.37. The van der Waals surface area contributed by atoms with Crippen LogP contribution in [0.15, 0.2) is 6.33 Å². The van der Waals surface area contributed by atoms with Gasteiger partial charge in [0.1, 0.15) is 17.3 Å². The van der Waals surface area contributed by atoms with Crippen LogP contribution < -0.4 is 5.32 Å². The number of rotatable bonds is 6. The molecular weight excluding hydrogens is 270 g/mol. The number of nitrogens with zero attached hydrogens (tertiary/aromatic N) is 2. The Bertz CT molecular complexity index is 399. The summed E-state index contributed by atoms with van der Waals surface area (Å²) in [5.41, 5.74) is 0.115. The van der Waals surface area contributed by atoms with E-state index in [0.29, 0.717) is 23.3 Å². The van der Waals surface area contributed by atoms with E-state index in [-0.39, 0.29) is 5.92 Å². The molecule has 18 heavy (non-hydrogen) atoms. The number of anilines is 1. The highest BCUT2D eigenvalue weighted by Crippen LogP contribution is 2.28. The van der Waals surface area contributed by atoms with Gasteiger partial charge in [0.15, 0.2) is 0 Å². The van der Waals surface area contributed by atoms with Gasteiger partial charge in [0.2, 0.25) is 0 Å². The van der Waals surface area contributed by atoms with Crippen molar-refractivity contribution in [3.05, 3.63) is 17.0 Å². The number of nitrogens with one attached hydrogen (secondary N) is 1. The summed E-state index contributed by atoms with van der Waals surface area (Å²) < 4.78 is 0. The van der Waals surface area contributed by atoms with Crippen LogP contribution in [-0.4, -0.2) is 39.2 Å². The first kappa shape index (κ1) is 15.5. The topological polar surface area (TPSA) is 58.0 Å². The van der Waals surface area contributed by atoms with E-state index in [0.717, 1.165) is 5.56 Å². The van der Waals surface area contributed by atoms with E-state index in [2.05, 4.69) is 15.3 Å². The third-order valence-corrected chi connectivity index (χ3v) is 3.72. The largest absolute Gasteiger partial charge is 0.387 e. The Balaban J connectivity index is 2.82. The van der Waals surface area contributed by atoms with E-state index >= 15 is 0 Å². The van der Waals surface area contributed by atoms with Gasteiger partial charge in [-0.05, 0) is 19.1 Å². The Kier molecular flexibility index (Phi) is 5.69. The van der Waals surface area contributed by atoms with Crippen LogP contribution in [0.4, 0.5) is 5.82 Å². The smallest absolute Gasteiger partial charge is 0.138 e. The van der Waals surface area contributed by atoms with Crippen LogP contribution in [0.25, 0.3) is 0 Å². The van der Waals surface area contributed by atoms with E-state index in [1.54, 1.807) is 18.7 Å². The van der Waals surface area contributed by atoms with E-state index in [1.807, 2.05) is 20.1 Å². The van der Waals surface area contributed by atoms with Crippen molar-refractivity contribution < 1.29 is 5.11 Å². The van der Waals surface area contributed by atoms with Gasteiger partial charge in [0, 0.05) is 17.9 Å². The minimum atomic E-state index is -0.773. The second-order valence-electron chi connectivity index (χ2n) is 4.86. The third-order valence-electron chi connectivity index (χ3n) is 2.50. The van der Waals surface area contributed by atoms with Crippen molar-refractivity contribution in [1.82, 2.24) is 9.97 Å². The Labute approximate surface area is 118 Å². The van der Waals surface area contributed by atoms with Crippen molar-refractivity contribution in [2.45, 2.75) is 32.3 Å². The lowest BCUT2D eigenvalue weighted by molar-refractivity contribution is 0.0996. The Hall–Kier alpha value is -0.520. The summed E-state index contributed by atoms with van der Waals surface area (Å²) in [5.74, 6) is 1.59. The molecule has 0 aliphatic heterocycles. The number of aliphatic hydroxyl groups is 1. The van der Waals surface area contributed by atoms with Gasteiger partial charge in [-0.25, -0.2) is 9.97 Å². The van der Waals surface area contributed by atoms with Crippen molar-refractivity contribution in [3.8, 4) is 0 Å². The molecule has 1 aromatic heterocycles. The normalized spacial score (nSPS) is 14.6. The number of thioether (sulfide) groups is 1. The van der Waals surface area contributed by atoms with Gasteiger partial charge in [-0.15, -0.1) is 0 Å². The quantitative estimate of drug-likeness (QED) is 0.789. The van der Waals surface area contributed by atoms with E-state index in [9.17, 15) is 5.11 Å². The van der Waals surface area contributed by atoms with Crippen molar-refractivity contribution >= 4 is 29.2 Å². The molecule has 1 atom stereocenters. The zero-order chi connectivity index (χ0) is 13.8. The standard InChI is InChI=1S/C12H20ClN3OS/c1-8(2)9-10(13)15-7-16-11(9)14-5-12(3,17)6-18-4/h7-8,17H,5-6H2,1-4H3,(H,14,15,16). The molecule has 0 saturated heterocycles. The highest BCUT2D eigenvalue weighted by atomic mass is 35.5. The second-order valence-corrected chi connectivity index (χ2v) is 6.09. The molecule has 1 heterocycles. The molecule has 0 aromatic carbocycles. The predicted molar refractivity (Wildman–Crippen MR) is 78.6 cm³/mol. The molecule has 102 valence electrons. The molecule has 0 bridgehead atoms. The number of hydrogen-bond donors (Lipinski definition) is 2. The van der Waals surface area contributed by atoms with Gasteiger partial charge in [-0.3, -0.25) is 0 Å². The first-order valence-electron chi connectivity index (χ1n) is 5.83. The van der Waals surface area contributed by atoms with Crippen LogP contribution in [0, 0.1) is 0 Å². The molecule has 1 aromatic rings. The fourth-order valence-corrected chi connectivity index (χ4v) is 2.74. The molecule has 0 aliphatic rings. The maximum Gasteiger partial charge on any atom is 0.138 e. The zero-order valence-corrected chi connectivity index (χ0v) is 12.8. The average molecular weight is 290 g/mol. The Morgan fingerprint density at radius 1 is 1.50 bits per heavy atom. The second kappa shape index (κ2) is 6.59. The van der Waals surface area contributed by atoms with Crippen LogP contribution in [0.5, 0.6) is 0 Å². The summed E-state index contributed by atoms with van der Waals surface area (Å²) >= 11 is 7.69. The van der Waals surface area contributed by atoms with Crippen LogP contribution in [0.3, 0.4) is 0 Å². The summed E-state index contributed by atoms with van der Waals surface area (Å²) in [7, 11) is 0. The molecule has 4 nitrogen and oxygen atoms in total. The van der Waals surface area contributed by atoms with Gasteiger partial charge in [-0.2, -0.15) is 11.8 Å². The van der Waals surface area contributed by atoms with Gasteiger partial charge < -0.3 is 10.4 Å². The number of halogens is 1. The first-order valence-corrected chi connectivity index (χ1v) is 7.60. The Morgan fingerprint density at radius 3 is 2.72 bits per heavy atom. The van der Waals surface area contributed by atoms with E-state index < -0.39 is 5.60 Å². The molecular formula is C12H20ClN3OS. The van der Waals surface area contributed by atoms with Crippen molar-refractivity contribution in [3.63, 3.8) is 0 Å². The predicted octanol–water partition coefficient (Wildman–Crippen LogP) is 2.78. The molecule has 2 N–H and O–H groups in total. The van der Waals surface area contributed by atoms with Gasteiger partial charge in [-0.1, -0.05) is 25.4 Å². The van der Waals surface area contributed by atoms with Crippen molar-refractivity contribution in [2.24, 2.45) is 0 Å². The molecule has 6 heteroatoms. The fourth-order valence-electron chi connectivity index (χ4n) is 1.66. The molecule has 1 rings (SSSR count). The van der Waals surface area contributed by atoms with Crippen LogP contribution in [0.2, 0.25) is 5.15 Å². The monoisotopic (exact) mass is 289 g/mol.